The second-order valence-electron chi connectivity index (χ2n) is 2.62. The number of ether oxygens (including phenoxy) is 1. The van der Waals surface area contributed by atoms with Crippen LogP contribution in [0.25, 0.3) is 0 Å². The Kier molecular flexibility index (Phi) is 6.76. The molecule has 12 heavy (non-hydrogen) atoms. The molecule has 0 aliphatic heterocycles. The summed E-state index contributed by atoms with van der Waals surface area (Å²) in [5.74, 6) is -0.269. The van der Waals surface area contributed by atoms with Crippen LogP contribution in [0, 0.1) is 0 Å². The summed E-state index contributed by atoms with van der Waals surface area (Å²) in [7, 11) is 0.999. The maximum Gasteiger partial charge on any atom is 0.333 e. The summed E-state index contributed by atoms with van der Waals surface area (Å²) in [5.41, 5.74) is 0.480. The quantitative estimate of drug-likeness (QED) is 0.273. The van der Waals surface area contributed by atoms with E-state index in [1.807, 2.05) is 0 Å². The third-order valence-corrected chi connectivity index (χ3v) is 2.54. The highest BCUT2D eigenvalue weighted by molar-refractivity contribution is 6.35. The molecule has 0 atom stereocenters. The third kappa shape index (κ3) is 6.16. The summed E-state index contributed by atoms with van der Waals surface area (Å²) in [6.45, 7) is 7.87. The van der Waals surface area contributed by atoms with Gasteiger partial charge in [0, 0.05) is 15.1 Å². The van der Waals surface area contributed by atoms with Crippen molar-refractivity contribution in [1.82, 2.24) is 0 Å². The van der Waals surface area contributed by atoms with E-state index in [2.05, 4.69) is 13.5 Å². The molecule has 0 N–H and O–H groups in total. The molecule has 0 unspecified atom stereocenters. The van der Waals surface area contributed by atoms with Crippen molar-refractivity contribution in [3.05, 3.63) is 12.2 Å². The molecule has 0 saturated heterocycles. The Morgan fingerprint density at radius 3 is 2.75 bits per heavy atom. The average Bonchev–Trinajstić information content (AvgIpc) is 2.03. The smallest absolute Gasteiger partial charge is 0.333 e. The van der Waals surface area contributed by atoms with Gasteiger partial charge in [-0.3, -0.25) is 0 Å². The Morgan fingerprint density at radius 1 is 1.58 bits per heavy atom. The zero-order valence-corrected chi connectivity index (χ0v) is 8.85. The molecular weight excluding hydrogens is 168 g/mol. The van der Waals surface area contributed by atoms with Gasteiger partial charge in [0.05, 0.1) is 6.61 Å². The lowest BCUT2D eigenvalue weighted by molar-refractivity contribution is -0.138. The van der Waals surface area contributed by atoms with Gasteiger partial charge < -0.3 is 4.74 Å². The molecule has 2 nitrogen and oxygen atoms in total. The van der Waals surface area contributed by atoms with E-state index in [1.54, 1.807) is 6.92 Å². The molecule has 0 spiro atoms. The van der Waals surface area contributed by atoms with E-state index in [0.717, 1.165) is 15.9 Å². The molecule has 0 fully saturated rings. The second-order valence-corrected chi connectivity index (χ2v) is 4.33. The first-order valence-electron chi connectivity index (χ1n) is 4.21. The van der Waals surface area contributed by atoms with Gasteiger partial charge in [0.15, 0.2) is 0 Å². The highest BCUT2D eigenvalue weighted by atomic mass is 28.2. The van der Waals surface area contributed by atoms with Gasteiger partial charge in [0.25, 0.3) is 0 Å². The van der Waals surface area contributed by atoms with Crippen LogP contribution in [0.5, 0.6) is 0 Å². The summed E-state index contributed by atoms with van der Waals surface area (Å²) in [6.07, 6.45) is 0.977. The molecular formula is C9H16O2Si. The lowest BCUT2D eigenvalue weighted by atomic mass is 10.4. The van der Waals surface area contributed by atoms with E-state index in [4.69, 9.17) is 4.74 Å². The summed E-state index contributed by atoms with van der Waals surface area (Å²) in [5, 5.41) is 0. The van der Waals surface area contributed by atoms with Gasteiger partial charge in [-0.1, -0.05) is 25.6 Å². The predicted molar refractivity (Wildman–Crippen MR) is 51.4 cm³/mol. The molecule has 0 aromatic rings. The van der Waals surface area contributed by atoms with Gasteiger partial charge in [0.1, 0.15) is 0 Å². The zero-order valence-electron chi connectivity index (χ0n) is 7.85. The molecule has 0 aromatic heterocycles. The fraction of sp³-hybridized carbons (Fsp3) is 0.667. The van der Waals surface area contributed by atoms with Gasteiger partial charge >= 0.3 is 5.97 Å². The summed E-state index contributed by atoms with van der Waals surface area (Å²) in [4.78, 5) is 10.9. The molecule has 0 rings (SSSR count). The Balaban J connectivity index is 3.20. The summed E-state index contributed by atoms with van der Waals surface area (Å²) < 4.78 is 4.92. The second kappa shape index (κ2) is 7.10. The van der Waals surface area contributed by atoms with E-state index in [-0.39, 0.29) is 5.97 Å². The average molecular weight is 184 g/mol. The van der Waals surface area contributed by atoms with Crippen molar-refractivity contribution < 1.29 is 9.53 Å². The van der Waals surface area contributed by atoms with Crippen molar-refractivity contribution >= 4 is 15.5 Å². The molecule has 0 heterocycles. The van der Waals surface area contributed by atoms with Crippen LogP contribution in [0.3, 0.4) is 0 Å². The van der Waals surface area contributed by atoms with Crippen molar-refractivity contribution in [1.29, 1.82) is 0 Å². The van der Waals surface area contributed by atoms with E-state index in [9.17, 15) is 4.79 Å². The SMILES string of the molecule is C=C(C)C(=O)OCCC[Si]CC. The monoisotopic (exact) mass is 184 g/mol. The van der Waals surface area contributed by atoms with E-state index in [1.165, 1.54) is 12.1 Å². The number of carbonyl (C=O) groups is 1. The molecule has 0 aromatic carbocycles. The number of rotatable bonds is 6. The lowest BCUT2D eigenvalue weighted by Gasteiger charge is -2.02. The number of hydrogen-bond acceptors (Lipinski definition) is 2. The molecule has 0 bridgehead atoms. The van der Waals surface area contributed by atoms with Crippen LogP contribution in [-0.2, 0) is 9.53 Å². The van der Waals surface area contributed by atoms with Gasteiger partial charge in [-0.25, -0.2) is 4.79 Å². The van der Waals surface area contributed by atoms with E-state index >= 15 is 0 Å². The normalized spacial score (nSPS) is 9.50. The van der Waals surface area contributed by atoms with Crippen molar-refractivity contribution in [2.45, 2.75) is 32.4 Å². The first-order valence-corrected chi connectivity index (χ1v) is 5.63. The maximum absolute atomic E-state index is 10.9. The highest BCUT2D eigenvalue weighted by Crippen LogP contribution is 1.96. The van der Waals surface area contributed by atoms with Crippen LogP contribution >= 0.6 is 0 Å². The fourth-order valence-electron chi connectivity index (χ4n) is 0.662. The van der Waals surface area contributed by atoms with Crippen LogP contribution in [0.4, 0.5) is 0 Å². The topological polar surface area (TPSA) is 26.3 Å². The minimum Gasteiger partial charge on any atom is -0.462 e. The number of hydrogen-bond donors (Lipinski definition) is 0. The number of esters is 1. The summed E-state index contributed by atoms with van der Waals surface area (Å²) >= 11 is 0. The van der Waals surface area contributed by atoms with Crippen molar-refractivity contribution in [3.8, 4) is 0 Å². The molecule has 68 valence electrons. The van der Waals surface area contributed by atoms with Crippen molar-refractivity contribution in [2.75, 3.05) is 6.61 Å². The fourth-order valence-corrected chi connectivity index (χ4v) is 1.41. The lowest BCUT2D eigenvalue weighted by Crippen LogP contribution is -2.06. The van der Waals surface area contributed by atoms with Gasteiger partial charge in [-0.05, 0) is 13.3 Å². The zero-order chi connectivity index (χ0) is 9.40. The minimum atomic E-state index is -0.269. The standard InChI is InChI=1S/C9H16O2Si/c1-4-12-7-5-6-11-9(10)8(2)3/h2,4-7H2,1,3H3. The Labute approximate surface area is 76.8 Å². The minimum absolute atomic E-state index is 0.269. The maximum atomic E-state index is 10.9. The first-order chi connectivity index (χ1) is 5.68. The van der Waals surface area contributed by atoms with Gasteiger partial charge in [0.2, 0.25) is 0 Å². The Morgan fingerprint density at radius 2 is 2.25 bits per heavy atom. The molecule has 0 amide bonds. The van der Waals surface area contributed by atoms with Crippen LogP contribution in [-0.4, -0.2) is 22.1 Å². The third-order valence-electron chi connectivity index (χ3n) is 1.33. The van der Waals surface area contributed by atoms with E-state index in [0.29, 0.717) is 12.2 Å². The van der Waals surface area contributed by atoms with Crippen molar-refractivity contribution in [3.63, 3.8) is 0 Å². The van der Waals surface area contributed by atoms with E-state index < -0.39 is 0 Å². The number of carbonyl (C=O) groups excluding carboxylic acids is 1. The van der Waals surface area contributed by atoms with Crippen LogP contribution in [0.1, 0.15) is 20.3 Å². The first kappa shape index (κ1) is 11.4. The van der Waals surface area contributed by atoms with Crippen LogP contribution in [0.15, 0.2) is 12.2 Å². The Hall–Kier alpha value is -0.573. The van der Waals surface area contributed by atoms with Gasteiger partial charge in [-0.2, -0.15) is 0 Å². The molecule has 0 aliphatic carbocycles. The summed E-state index contributed by atoms with van der Waals surface area (Å²) in [6, 6.07) is 2.40. The molecule has 2 radical (unpaired) electrons. The highest BCUT2D eigenvalue weighted by Gasteiger charge is 2.01. The van der Waals surface area contributed by atoms with Crippen LogP contribution < -0.4 is 0 Å². The molecule has 0 aliphatic rings. The van der Waals surface area contributed by atoms with Crippen molar-refractivity contribution in [2.24, 2.45) is 0 Å². The molecule has 3 heteroatoms. The predicted octanol–water partition coefficient (Wildman–Crippen LogP) is 2.06. The van der Waals surface area contributed by atoms with Gasteiger partial charge in [-0.15, -0.1) is 0 Å². The Bertz CT molecular complexity index is 155. The van der Waals surface area contributed by atoms with Crippen LogP contribution in [0.2, 0.25) is 12.1 Å². The molecule has 0 saturated carbocycles. The largest absolute Gasteiger partial charge is 0.462 e.